The first-order chi connectivity index (χ1) is 8.16. The molecule has 0 spiro atoms. The number of carbonyl (C=O) groups is 2. The van der Waals surface area contributed by atoms with Gasteiger partial charge in [0.15, 0.2) is 0 Å². The molecule has 1 fully saturated rings. The Kier molecular flexibility index (Phi) is 3.58. The number of ether oxygens (including phenoxy) is 1. The molecule has 1 aliphatic heterocycles. The zero-order chi connectivity index (χ0) is 12.3. The Morgan fingerprint density at radius 2 is 2.59 bits per heavy atom. The second-order valence-electron chi connectivity index (χ2n) is 3.78. The van der Waals surface area contributed by atoms with Crippen LogP contribution in [-0.2, 0) is 16.1 Å². The quantitative estimate of drug-likeness (QED) is 0.803. The van der Waals surface area contributed by atoms with Gasteiger partial charge in [-0.3, -0.25) is 4.98 Å². The van der Waals surface area contributed by atoms with Crippen LogP contribution in [0, 0.1) is 0 Å². The first kappa shape index (κ1) is 11.8. The van der Waals surface area contributed by atoms with Crippen LogP contribution in [0.1, 0.15) is 11.3 Å². The Labute approximate surface area is 103 Å². The molecule has 0 aliphatic carbocycles. The number of esters is 1. The number of aromatic nitrogens is 1. The van der Waals surface area contributed by atoms with Gasteiger partial charge in [-0.05, 0) is 0 Å². The number of thiazole rings is 1. The lowest BCUT2D eigenvalue weighted by Crippen LogP contribution is -2.44. The summed E-state index contributed by atoms with van der Waals surface area (Å²) in [7, 11) is 1.68. The van der Waals surface area contributed by atoms with Crippen molar-refractivity contribution >= 4 is 23.3 Å². The van der Waals surface area contributed by atoms with E-state index in [1.165, 1.54) is 16.2 Å². The maximum absolute atomic E-state index is 11.8. The van der Waals surface area contributed by atoms with Crippen molar-refractivity contribution in [3.8, 4) is 0 Å². The number of hydrogen-bond donors (Lipinski definition) is 1. The van der Waals surface area contributed by atoms with Gasteiger partial charge in [-0.15, -0.1) is 11.3 Å². The number of rotatable bonds is 3. The van der Waals surface area contributed by atoms with Crippen molar-refractivity contribution in [2.45, 2.75) is 19.0 Å². The van der Waals surface area contributed by atoms with E-state index in [9.17, 15) is 9.59 Å². The summed E-state index contributed by atoms with van der Waals surface area (Å²) >= 11 is 1.49. The summed E-state index contributed by atoms with van der Waals surface area (Å²) in [6.07, 6.45) is 2.26. The summed E-state index contributed by atoms with van der Waals surface area (Å²) in [6.45, 7) is 0.862. The monoisotopic (exact) mass is 255 g/mol. The van der Waals surface area contributed by atoms with E-state index in [4.69, 9.17) is 4.74 Å². The average molecular weight is 255 g/mol. The number of nitrogens with one attached hydrogen (secondary N) is 1. The van der Waals surface area contributed by atoms with Gasteiger partial charge in [0.25, 0.3) is 0 Å². The number of carbonyl (C=O) groups excluding carboxylic acids is 2. The fourth-order valence-corrected chi connectivity index (χ4v) is 2.16. The van der Waals surface area contributed by atoms with E-state index in [2.05, 4.69) is 10.3 Å². The first-order valence-electron chi connectivity index (χ1n) is 5.22. The molecule has 2 heterocycles. The normalized spacial score (nSPS) is 18.9. The highest BCUT2D eigenvalue weighted by Gasteiger charge is 2.28. The largest absolute Gasteiger partial charge is 0.464 e. The number of amides is 2. The van der Waals surface area contributed by atoms with Gasteiger partial charge >= 0.3 is 12.0 Å². The molecule has 1 N–H and O–H groups in total. The number of hydrogen-bond acceptors (Lipinski definition) is 5. The summed E-state index contributed by atoms with van der Waals surface area (Å²) in [5.74, 6) is -0.357. The van der Waals surface area contributed by atoms with Gasteiger partial charge < -0.3 is 15.0 Å². The van der Waals surface area contributed by atoms with E-state index in [0.717, 1.165) is 4.88 Å². The summed E-state index contributed by atoms with van der Waals surface area (Å²) in [5, 5.41) is 2.64. The molecule has 92 valence electrons. The standard InChI is InChI=1S/C10H13N3O3S/c1-13(5-7-4-11-6-17-7)10(15)12-8-2-3-16-9(8)14/h4,6,8H,2-3,5H2,1H3,(H,12,15). The van der Waals surface area contributed by atoms with Crippen LogP contribution < -0.4 is 5.32 Å². The van der Waals surface area contributed by atoms with Gasteiger partial charge in [0.2, 0.25) is 0 Å². The van der Waals surface area contributed by atoms with Crippen LogP contribution in [0.15, 0.2) is 11.7 Å². The second-order valence-corrected chi connectivity index (χ2v) is 4.75. The summed E-state index contributed by atoms with van der Waals surface area (Å²) in [4.78, 5) is 29.4. The zero-order valence-corrected chi connectivity index (χ0v) is 10.2. The van der Waals surface area contributed by atoms with Gasteiger partial charge in [0, 0.05) is 24.5 Å². The van der Waals surface area contributed by atoms with Crippen molar-refractivity contribution in [2.75, 3.05) is 13.7 Å². The highest BCUT2D eigenvalue weighted by atomic mass is 32.1. The molecule has 0 bridgehead atoms. The third-order valence-electron chi connectivity index (χ3n) is 2.46. The molecule has 6 nitrogen and oxygen atoms in total. The predicted octanol–water partition coefficient (Wildman–Crippen LogP) is 0.600. The Bertz CT molecular complexity index is 407. The molecule has 2 amide bonds. The summed E-state index contributed by atoms with van der Waals surface area (Å²) < 4.78 is 4.77. The third-order valence-corrected chi connectivity index (χ3v) is 3.22. The molecule has 1 aliphatic rings. The minimum Gasteiger partial charge on any atom is -0.464 e. The predicted molar refractivity (Wildman–Crippen MR) is 61.5 cm³/mol. The lowest BCUT2D eigenvalue weighted by Gasteiger charge is -2.18. The van der Waals surface area contributed by atoms with Gasteiger partial charge in [0.05, 0.1) is 18.7 Å². The van der Waals surface area contributed by atoms with Gasteiger partial charge in [-0.1, -0.05) is 0 Å². The van der Waals surface area contributed by atoms with Crippen LogP contribution in [0.5, 0.6) is 0 Å². The third kappa shape index (κ3) is 2.94. The fraction of sp³-hybridized carbons (Fsp3) is 0.500. The number of cyclic esters (lactones) is 1. The Balaban J connectivity index is 1.85. The maximum Gasteiger partial charge on any atom is 0.328 e. The van der Waals surface area contributed by atoms with Gasteiger partial charge in [0.1, 0.15) is 6.04 Å². The molecule has 17 heavy (non-hydrogen) atoms. The van der Waals surface area contributed by atoms with E-state index in [1.54, 1.807) is 18.8 Å². The molecule has 0 aromatic carbocycles. The van der Waals surface area contributed by atoms with E-state index >= 15 is 0 Å². The molecular weight excluding hydrogens is 242 g/mol. The molecule has 1 saturated heterocycles. The Hall–Kier alpha value is -1.63. The van der Waals surface area contributed by atoms with Crippen molar-refractivity contribution in [1.82, 2.24) is 15.2 Å². The fourth-order valence-electron chi connectivity index (χ4n) is 1.51. The molecule has 0 saturated carbocycles. The van der Waals surface area contributed by atoms with Gasteiger partial charge in [-0.2, -0.15) is 0 Å². The van der Waals surface area contributed by atoms with E-state index < -0.39 is 6.04 Å². The molecule has 1 unspecified atom stereocenters. The van der Waals surface area contributed by atoms with Crippen LogP contribution in [0.4, 0.5) is 4.79 Å². The first-order valence-corrected chi connectivity index (χ1v) is 6.10. The second kappa shape index (κ2) is 5.13. The van der Waals surface area contributed by atoms with E-state index in [-0.39, 0.29) is 12.0 Å². The number of urea groups is 1. The zero-order valence-electron chi connectivity index (χ0n) is 9.38. The molecule has 1 aromatic rings. The van der Waals surface area contributed by atoms with Gasteiger partial charge in [-0.25, -0.2) is 9.59 Å². The molecule has 2 rings (SSSR count). The minimum atomic E-state index is -0.508. The van der Waals surface area contributed by atoms with Crippen molar-refractivity contribution in [3.05, 3.63) is 16.6 Å². The minimum absolute atomic E-state index is 0.276. The van der Waals surface area contributed by atoms with Crippen LogP contribution in [0.2, 0.25) is 0 Å². The van der Waals surface area contributed by atoms with Crippen molar-refractivity contribution < 1.29 is 14.3 Å². The highest BCUT2D eigenvalue weighted by Crippen LogP contribution is 2.10. The molecule has 7 heteroatoms. The van der Waals surface area contributed by atoms with Crippen molar-refractivity contribution in [3.63, 3.8) is 0 Å². The SMILES string of the molecule is CN(Cc1cncs1)C(=O)NC1CCOC1=O. The highest BCUT2D eigenvalue weighted by molar-refractivity contribution is 7.09. The van der Waals surface area contributed by atoms with E-state index in [0.29, 0.717) is 19.6 Å². The average Bonchev–Trinajstić information content (AvgIpc) is 2.91. The van der Waals surface area contributed by atoms with Crippen molar-refractivity contribution in [2.24, 2.45) is 0 Å². The molecule has 1 atom stereocenters. The summed E-state index contributed by atoms with van der Waals surface area (Å²) in [5.41, 5.74) is 1.72. The van der Waals surface area contributed by atoms with Crippen LogP contribution in [0.3, 0.4) is 0 Å². The Morgan fingerprint density at radius 1 is 1.76 bits per heavy atom. The van der Waals surface area contributed by atoms with E-state index in [1.807, 2.05) is 0 Å². The Morgan fingerprint density at radius 3 is 3.18 bits per heavy atom. The summed E-state index contributed by atoms with van der Waals surface area (Å²) in [6, 6.07) is -0.784. The van der Waals surface area contributed by atoms with Crippen LogP contribution >= 0.6 is 11.3 Å². The smallest absolute Gasteiger partial charge is 0.328 e. The molecular formula is C10H13N3O3S. The molecule has 1 aromatic heterocycles. The van der Waals surface area contributed by atoms with Crippen molar-refractivity contribution in [1.29, 1.82) is 0 Å². The topological polar surface area (TPSA) is 71.5 Å². The lowest BCUT2D eigenvalue weighted by molar-refractivity contribution is -0.139. The molecule has 0 radical (unpaired) electrons. The maximum atomic E-state index is 11.8. The van der Waals surface area contributed by atoms with Crippen LogP contribution in [0.25, 0.3) is 0 Å². The lowest BCUT2D eigenvalue weighted by atomic mass is 10.2. The van der Waals surface area contributed by atoms with Crippen LogP contribution in [-0.4, -0.2) is 41.6 Å². The number of nitrogens with zero attached hydrogens (tertiary/aromatic N) is 2.